The Balaban J connectivity index is 1.60. The van der Waals surface area contributed by atoms with Crippen LogP contribution in [-0.4, -0.2) is 32.7 Å². The third-order valence-corrected chi connectivity index (χ3v) is 5.13. The van der Waals surface area contributed by atoms with E-state index in [1.54, 1.807) is 31.2 Å². The van der Waals surface area contributed by atoms with Gasteiger partial charge in [-0.05, 0) is 30.7 Å². The van der Waals surface area contributed by atoms with E-state index in [-0.39, 0.29) is 24.8 Å². The fourth-order valence-corrected chi connectivity index (χ4v) is 3.68. The molecule has 2 aromatic rings. The highest BCUT2D eigenvalue weighted by Crippen LogP contribution is 2.32. The number of nitrogens with zero attached hydrogens (tertiary/aromatic N) is 2. The van der Waals surface area contributed by atoms with Gasteiger partial charge in [0.15, 0.2) is 5.82 Å². The second-order valence-corrected chi connectivity index (χ2v) is 7.62. The van der Waals surface area contributed by atoms with Crippen molar-refractivity contribution < 1.29 is 14.1 Å². The number of aryl methyl sites for hydroxylation is 1. The molecule has 134 valence electrons. The number of thiocarbonyl (C=S) groups is 1. The molecule has 0 atom stereocenters. The second-order valence-electron chi connectivity index (χ2n) is 5.51. The average Bonchev–Trinajstić information content (AvgIpc) is 3.11. The molecule has 0 saturated carbocycles. The van der Waals surface area contributed by atoms with Crippen molar-refractivity contribution in [2.45, 2.75) is 13.3 Å². The van der Waals surface area contributed by atoms with Crippen LogP contribution in [0.3, 0.4) is 0 Å². The fourth-order valence-electron chi connectivity index (χ4n) is 2.25. The van der Waals surface area contributed by atoms with E-state index in [0.29, 0.717) is 25.8 Å². The van der Waals surface area contributed by atoms with E-state index in [0.717, 1.165) is 5.56 Å². The first-order valence-corrected chi connectivity index (χ1v) is 9.27. The van der Waals surface area contributed by atoms with Crippen molar-refractivity contribution in [1.82, 2.24) is 10.1 Å². The number of hydrogen-bond acceptors (Lipinski definition) is 6. The van der Waals surface area contributed by atoms with E-state index in [9.17, 15) is 9.59 Å². The number of amides is 2. The Hall–Kier alpha value is -2.16. The summed E-state index contributed by atoms with van der Waals surface area (Å²) in [7, 11) is 0. The molecule has 2 amide bonds. The Bertz CT molecular complexity index is 893. The van der Waals surface area contributed by atoms with Crippen LogP contribution in [0, 0.1) is 6.92 Å². The van der Waals surface area contributed by atoms with Crippen molar-refractivity contribution in [3.63, 3.8) is 0 Å². The van der Waals surface area contributed by atoms with E-state index in [4.69, 9.17) is 28.3 Å². The molecule has 3 rings (SSSR count). The molecule has 1 aliphatic heterocycles. The maximum Gasteiger partial charge on any atom is 0.266 e. The molecular formula is C17H14ClN3O3S2. The molecule has 2 heterocycles. The molecule has 1 aromatic heterocycles. The van der Waals surface area contributed by atoms with Gasteiger partial charge in [-0.3, -0.25) is 14.5 Å². The van der Waals surface area contributed by atoms with Gasteiger partial charge in [-0.25, -0.2) is 0 Å². The highest BCUT2D eigenvalue weighted by molar-refractivity contribution is 8.26. The fraction of sp³-hybridized carbons (Fsp3) is 0.176. The van der Waals surface area contributed by atoms with Crippen molar-refractivity contribution in [1.29, 1.82) is 0 Å². The zero-order valence-electron chi connectivity index (χ0n) is 13.7. The van der Waals surface area contributed by atoms with Gasteiger partial charge >= 0.3 is 0 Å². The summed E-state index contributed by atoms with van der Waals surface area (Å²) in [6.07, 6.45) is 1.86. The molecule has 9 heteroatoms. The first-order valence-electron chi connectivity index (χ1n) is 7.66. The second kappa shape index (κ2) is 8.03. The van der Waals surface area contributed by atoms with E-state index in [1.807, 2.05) is 12.1 Å². The lowest BCUT2D eigenvalue weighted by molar-refractivity contribution is -0.122. The molecule has 0 spiro atoms. The van der Waals surface area contributed by atoms with Crippen molar-refractivity contribution in [3.05, 3.63) is 51.6 Å². The van der Waals surface area contributed by atoms with Gasteiger partial charge in [-0.15, -0.1) is 0 Å². The summed E-state index contributed by atoms with van der Waals surface area (Å²) in [6.45, 7) is 1.93. The van der Waals surface area contributed by atoms with Gasteiger partial charge in [0, 0.05) is 24.1 Å². The predicted molar refractivity (Wildman–Crippen MR) is 106 cm³/mol. The molecule has 0 aliphatic carbocycles. The first-order chi connectivity index (χ1) is 12.4. The summed E-state index contributed by atoms with van der Waals surface area (Å²) >= 11 is 12.3. The minimum absolute atomic E-state index is 0.104. The Morgan fingerprint density at radius 1 is 1.42 bits per heavy atom. The topological polar surface area (TPSA) is 75.4 Å². The highest BCUT2D eigenvalue weighted by Gasteiger charge is 2.32. The van der Waals surface area contributed by atoms with Gasteiger partial charge in [0.1, 0.15) is 10.1 Å². The van der Waals surface area contributed by atoms with Crippen molar-refractivity contribution in [3.8, 4) is 0 Å². The highest BCUT2D eigenvalue weighted by atomic mass is 35.5. The van der Waals surface area contributed by atoms with Gasteiger partial charge in [-0.2, -0.15) is 0 Å². The van der Waals surface area contributed by atoms with Gasteiger partial charge in [-0.1, -0.05) is 52.9 Å². The van der Waals surface area contributed by atoms with E-state index >= 15 is 0 Å². The van der Waals surface area contributed by atoms with E-state index in [1.165, 1.54) is 16.7 Å². The van der Waals surface area contributed by atoms with Crippen LogP contribution < -0.4 is 5.32 Å². The molecule has 1 aromatic carbocycles. The lowest BCUT2D eigenvalue weighted by Gasteiger charge is -2.13. The molecule has 0 unspecified atom stereocenters. The van der Waals surface area contributed by atoms with Crippen LogP contribution in [0.5, 0.6) is 0 Å². The van der Waals surface area contributed by atoms with Crippen molar-refractivity contribution in [2.75, 3.05) is 11.9 Å². The predicted octanol–water partition coefficient (Wildman–Crippen LogP) is 3.87. The molecule has 1 aliphatic rings. The van der Waals surface area contributed by atoms with Crippen molar-refractivity contribution >= 4 is 63.6 Å². The smallest absolute Gasteiger partial charge is 0.266 e. The number of thioether (sulfide) groups is 1. The molecule has 6 nitrogen and oxygen atoms in total. The minimum atomic E-state index is -0.269. The number of anilines is 1. The largest absolute Gasteiger partial charge is 0.360 e. The molecule has 26 heavy (non-hydrogen) atoms. The number of carbonyl (C=O) groups is 2. The molecule has 1 fully saturated rings. The van der Waals surface area contributed by atoms with Crippen LogP contribution >= 0.6 is 35.6 Å². The Kier molecular flexibility index (Phi) is 5.75. The molecule has 0 radical (unpaired) electrons. The average molecular weight is 408 g/mol. The third-order valence-electron chi connectivity index (χ3n) is 3.50. The van der Waals surface area contributed by atoms with Gasteiger partial charge in [0.05, 0.1) is 4.91 Å². The molecule has 1 N–H and O–H groups in total. The third kappa shape index (κ3) is 4.51. The van der Waals surface area contributed by atoms with E-state index < -0.39 is 0 Å². The van der Waals surface area contributed by atoms with Gasteiger partial charge in [0.2, 0.25) is 5.91 Å². The zero-order chi connectivity index (χ0) is 18.7. The number of halogens is 1. The van der Waals surface area contributed by atoms with Crippen LogP contribution in [-0.2, 0) is 9.59 Å². The van der Waals surface area contributed by atoms with Crippen LogP contribution in [0.25, 0.3) is 6.08 Å². The number of rotatable bonds is 5. The standard InChI is InChI=1S/C17H14ClN3O3S2/c1-10-8-14(20-24-10)19-15(22)6-7-21-16(23)13(26-17(21)25)9-11-2-4-12(18)5-3-11/h2-5,8-9H,6-7H2,1H3,(H,19,20,22)/b13-9-. The maximum absolute atomic E-state index is 12.5. The minimum Gasteiger partial charge on any atom is -0.360 e. The van der Waals surface area contributed by atoms with E-state index in [2.05, 4.69) is 10.5 Å². The number of benzene rings is 1. The lowest BCUT2D eigenvalue weighted by atomic mass is 10.2. The first kappa shape index (κ1) is 18.6. The Morgan fingerprint density at radius 3 is 2.81 bits per heavy atom. The normalized spacial score (nSPS) is 15.8. The summed E-state index contributed by atoms with van der Waals surface area (Å²) < 4.78 is 5.32. The summed E-state index contributed by atoms with van der Waals surface area (Å²) in [5.41, 5.74) is 0.856. The zero-order valence-corrected chi connectivity index (χ0v) is 16.1. The van der Waals surface area contributed by atoms with Gasteiger partial charge in [0.25, 0.3) is 5.91 Å². The van der Waals surface area contributed by atoms with Crippen LogP contribution in [0.15, 0.2) is 39.8 Å². The van der Waals surface area contributed by atoms with Gasteiger partial charge < -0.3 is 9.84 Å². The number of hydrogen-bond donors (Lipinski definition) is 1. The van der Waals surface area contributed by atoms with Crippen molar-refractivity contribution in [2.24, 2.45) is 0 Å². The molecule has 0 bridgehead atoms. The van der Waals surface area contributed by atoms with Crippen LogP contribution in [0.4, 0.5) is 5.82 Å². The van der Waals surface area contributed by atoms with Crippen LogP contribution in [0.2, 0.25) is 5.02 Å². The Morgan fingerprint density at radius 2 is 2.15 bits per heavy atom. The molecular weight excluding hydrogens is 394 g/mol. The summed E-state index contributed by atoms with van der Waals surface area (Å²) in [5, 5.41) is 6.94. The monoisotopic (exact) mass is 407 g/mol. The SMILES string of the molecule is Cc1cc(NC(=O)CCN2C(=O)/C(=C/c3ccc(Cl)cc3)SC2=S)no1. The maximum atomic E-state index is 12.5. The summed E-state index contributed by atoms with van der Waals surface area (Å²) in [6, 6.07) is 8.77. The summed E-state index contributed by atoms with van der Waals surface area (Å²) in [5.74, 6) is 0.471. The number of carbonyl (C=O) groups excluding carboxylic acids is 2. The number of nitrogens with one attached hydrogen (secondary N) is 1. The quantitative estimate of drug-likeness (QED) is 0.599. The molecule has 1 saturated heterocycles. The summed E-state index contributed by atoms with van der Waals surface area (Å²) in [4.78, 5) is 26.5. The van der Waals surface area contributed by atoms with Crippen LogP contribution in [0.1, 0.15) is 17.7 Å². The lowest BCUT2D eigenvalue weighted by Crippen LogP contribution is -2.31. The number of aromatic nitrogens is 1. The Labute approximate surface area is 164 Å².